The number of benzene rings is 1. The molecule has 1 aromatic rings. The number of nitrogens with zero attached hydrogens (tertiary/aromatic N) is 1. The van der Waals surface area contributed by atoms with Gasteiger partial charge in [0.15, 0.2) is 0 Å². The van der Waals surface area contributed by atoms with E-state index in [2.05, 4.69) is 16.7 Å². The summed E-state index contributed by atoms with van der Waals surface area (Å²) in [5.41, 5.74) is 2.11. The Balaban J connectivity index is 1.66. The van der Waals surface area contributed by atoms with Crippen molar-refractivity contribution in [3.63, 3.8) is 0 Å². The van der Waals surface area contributed by atoms with Crippen LogP contribution in [0.3, 0.4) is 0 Å². The normalized spacial score (nSPS) is 17.6. The van der Waals surface area contributed by atoms with E-state index in [0.29, 0.717) is 23.7 Å². The second kappa shape index (κ2) is 6.24. The zero-order valence-corrected chi connectivity index (χ0v) is 13.1. The van der Waals surface area contributed by atoms with Crippen LogP contribution in [0.15, 0.2) is 18.2 Å². The van der Waals surface area contributed by atoms with Crippen molar-refractivity contribution in [3.8, 4) is 0 Å². The van der Waals surface area contributed by atoms with Crippen LogP contribution >= 0.6 is 11.6 Å². The predicted molar refractivity (Wildman–Crippen MR) is 85.7 cm³/mol. The van der Waals surface area contributed by atoms with Gasteiger partial charge in [-0.25, -0.2) is 0 Å². The van der Waals surface area contributed by atoms with Crippen molar-refractivity contribution in [2.75, 3.05) is 18.5 Å². The third kappa shape index (κ3) is 4.11. The van der Waals surface area contributed by atoms with Gasteiger partial charge in [0.05, 0.1) is 17.3 Å². The molecule has 0 heterocycles. The van der Waals surface area contributed by atoms with E-state index in [9.17, 15) is 4.79 Å². The molecule has 0 unspecified atom stereocenters. The van der Waals surface area contributed by atoms with Crippen molar-refractivity contribution in [2.24, 2.45) is 0 Å². The van der Waals surface area contributed by atoms with Gasteiger partial charge in [-0.1, -0.05) is 23.7 Å². The summed E-state index contributed by atoms with van der Waals surface area (Å²) < 4.78 is 0. The number of amides is 1. The van der Waals surface area contributed by atoms with Gasteiger partial charge in [0, 0.05) is 25.7 Å². The Morgan fingerprint density at radius 3 is 2.67 bits per heavy atom. The lowest BCUT2D eigenvalue weighted by molar-refractivity contribution is -0.119. The van der Waals surface area contributed by atoms with Gasteiger partial charge in [-0.2, -0.15) is 0 Å². The molecule has 2 fully saturated rings. The number of hydrogen-bond donors (Lipinski definition) is 2. The second-order valence-corrected chi connectivity index (χ2v) is 6.51. The molecule has 2 N–H and O–H groups in total. The third-order valence-electron chi connectivity index (χ3n) is 3.93. The highest BCUT2D eigenvalue weighted by atomic mass is 35.5. The van der Waals surface area contributed by atoms with Crippen LogP contribution in [0, 0.1) is 0 Å². The first-order chi connectivity index (χ1) is 10.1. The Bertz CT molecular complexity index is 526. The topological polar surface area (TPSA) is 44.4 Å². The number of rotatable bonds is 7. The average Bonchev–Trinajstić information content (AvgIpc) is 3.31. The van der Waals surface area contributed by atoms with Crippen molar-refractivity contribution >= 4 is 23.2 Å². The number of likely N-dealkylation sites (N-methyl/N-ethyl adjacent to an activating group) is 1. The molecule has 3 rings (SSSR count). The zero-order chi connectivity index (χ0) is 14.8. The maximum Gasteiger partial charge on any atom is 0.239 e. The Morgan fingerprint density at radius 1 is 1.29 bits per heavy atom. The van der Waals surface area contributed by atoms with E-state index in [1.807, 2.05) is 24.1 Å². The highest BCUT2D eigenvalue weighted by Crippen LogP contribution is 2.30. The fourth-order valence-corrected chi connectivity index (χ4v) is 2.81. The predicted octanol–water partition coefficient (Wildman–Crippen LogP) is 2.31. The molecule has 114 valence electrons. The van der Waals surface area contributed by atoms with Gasteiger partial charge in [0.2, 0.25) is 5.91 Å². The molecule has 0 aliphatic heterocycles. The standard InChI is InChI=1S/C16H22ClN3O/c1-20(10-15(21)19-13-7-8-13)16-11(3-2-4-14(16)17)9-18-12-5-6-12/h2-4,12-13,18H,5-10H2,1H3,(H,19,21). The fourth-order valence-electron chi connectivity index (χ4n) is 2.47. The van der Waals surface area contributed by atoms with Crippen LogP contribution in [-0.2, 0) is 11.3 Å². The fraction of sp³-hybridized carbons (Fsp3) is 0.562. The lowest BCUT2D eigenvalue weighted by atomic mass is 10.1. The van der Waals surface area contributed by atoms with Crippen LogP contribution in [0.2, 0.25) is 5.02 Å². The molecule has 1 aromatic carbocycles. The summed E-state index contributed by atoms with van der Waals surface area (Å²) in [5.74, 6) is 0.0704. The Kier molecular flexibility index (Phi) is 4.36. The van der Waals surface area contributed by atoms with E-state index in [-0.39, 0.29) is 5.91 Å². The monoisotopic (exact) mass is 307 g/mol. The van der Waals surface area contributed by atoms with Crippen molar-refractivity contribution < 1.29 is 4.79 Å². The van der Waals surface area contributed by atoms with Gasteiger partial charge >= 0.3 is 0 Å². The molecule has 0 bridgehead atoms. The SMILES string of the molecule is CN(CC(=O)NC1CC1)c1c(Cl)cccc1CNC1CC1. The minimum absolute atomic E-state index is 0.0704. The Morgan fingerprint density at radius 2 is 2.00 bits per heavy atom. The number of nitrogens with one attached hydrogen (secondary N) is 2. The molecule has 0 radical (unpaired) electrons. The van der Waals surface area contributed by atoms with E-state index in [1.165, 1.54) is 12.8 Å². The molecule has 21 heavy (non-hydrogen) atoms. The minimum Gasteiger partial charge on any atom is -0.364 e. The largest absolute Gasteiger partial charge is 0.364 e. The van der Waals surface area contributed by atoms with Gasteiger partial charge in [-0.05, 0) is 37.3 Å². The lowest BCUT2D eigenvalue weighted by Gasteiger charge is -2.23. The first kappa shape index (κ1) is 14.7. The number of hydrogen-bond acceptors (Lipinski definition) is 3. The molecule has 4 nitrogen and oxygen atoms in total. The van der Waals surface area contributed by atoms with E-state index in [1.54, 1.807) is 0 Å². The molecule has 0 atom stereocenters. The molecule has 0 saturated heterocycles. The van der Waals surface area contributed by atoms with E-state index < -0.39 is 0 Å². The summed E-state index contributed by atoms with van der Waals surface area (Å²) in [5, 5.41) is 7.22. The Labute approximate surface area is 130 Å². The second-order valence-electron chi connectivity index (χ2n) is 6.10. The Hall–Kier alpha value is -1.26. The highest BCUT2D eigenvalue weighted by molar-refractivity contribution is 6.33. The van der Waals surface area contributed by atoms with Crippen molar-refractivity contribution in [1.82, 2.24) is 10.6 Å². The molecule has 2 aliphatic carbocycles. The van der Waals surface area contributed by atoms with Crippen molar-refractivity contribution in [2.45, 2.75) is 44.3 Å². The molecule has 5 heteroatoms. The summed E-state index contributed by atoms with van der Waals surface area (Å²) in [7, 11) is 1.92. The zero-order valence-electron chi connectivity index (χ0n) is 12.4. The van der Waals surface area contributed by atoms with Crippen molar-refractivity contribution in [3.05, 3.63) is 28.8 Å². The summed E-state index contributed by atoms with van der Waals surface area (Å²) in [4.78, 5) is 13.9. The average molecular weight is 308 g/mol. The van der Waals surface area contributed by atoms with Gasteiger partial charge in [0.1, 0.15) is 0 Å². The van der Waals surface area contributed by atoms with E-state index >= 15 is 0 Å². The summed E-state index contributed by atoms with van der Waals surface area (Å²) in [6.07, 6.45) is 4.74. The van der Waals surface area contributed by atoms with Gasteiger partial charge < -0.3 is 15.5 Å². The maximum atomic E-state index is 12.0. The van der Waals surface area contributed by atoms with Crippen molar-refractivity contribution in [1.29, 1.82) is 0 Å². The van der Waals surface area contributed by atoms with Crippen LogP contribution in [0.25, 0.3) is 0 Å². The molecule has 2 aliphatic rings. The number of carbonyl (C=O) groups excluding carboxylic acids is 1. The smallest absolute Gasteiger partial charge is 0.239 e. The van der Waals surface area contributed by atoms with Crippen LogP contribution < -0.4 is 15.5 Å². The van der Waals surface area contributed by atoms with Crippen LogP contribution in [0.1, 0.15) is 31.2 Å². The molecular formula is C16H22ClN3O. The lowest BCUT2D eigenvalue weighted by Crippen LogP contribution is -2.37. The molecule has 0 spiro atoms. The van der Waals surface area contributed by atoms with Crippen LogP contribution in [-0.4, -0.2) is 31.6 Å². The van der Waals surface area contributed by atoms with Gasteiger partial charge in [-0.3, -0.25) is 4.79 Å². The van der Waals surface area contributed by atoms with Gasteiger partial charge in [0.25, 0.3) is 0 Å². The van der Waals surface area contributed by atoms with E-state index in [0.717, 1.165) is 30.6 Å². The minimum atomic E-state index is 0.0704. The number of carbonyl (C=O) groups is 1. The summed E-state index contributed by atoms with van der Waals surface area (Å²) >= 11 is 6.36. The van der Waals surface area contributed by atoms with E-state index in [4.69, 9.17) is 11.6 Å². The molecule has 1 amide bonds. The first-order valence-electron chi connectivity index (χ1n) is 7.65. The number of halogens is 1. The third-order valence-corrected chi connectivity index (χ3v) is 4.24. The first-order valence-corrected chi connectivity index (χ1v) is 8.02. The quantitative estimate of drug-likeness (QED) is 0.812. The highest BCUT2D eigenvalue weighted by Gasteiger charge is 2.25. The number of anilines is 1. The van der Waals surface area contributed by atoms with Crippen LogP contribution in [0.5, 0.6) is 0 Å². The summed E-state index contributed by atoms with van der Waals surface area (Å²) in [6.45, 7) is 1.14. The van der Waals surface area contributed by atoms with Crippen LogP contribution in [0.4, 0.5) is 5.69 Å². The molecule has 2 saturated carbocycles. The maximum absolute atomic E-state index is 12.0. The van der Waals surface area contributed by atoms with Gasteiger partial charge in [-0.15, -0.1) is 0 Å². The summed E-state index contributed by atoms with van der Waals surface area (Å²) in [6, 6.07) is 6.97. The molecule has 0 aromatic heterocycles. The number of para-hydroxylation sites is 1. The molecular weight excluding hydrogens is 286 g/mol.